The number of halogens is 1. The lowest BCUT2D eigenvalue weighted by Crippen LogP contribution is -2.22. The molecule has 1 N–H and O–H groups in total. The molecule has 7 nitrogen and oxygen atoms in total. The number of aromatic nitrogens is 1. The van der Waals surface area contributed by atoms with Crippen LogP contribution in [0.3, 0.4) is 0 Å². The number of anilines is 1. The van der Waals surface area contributed by atoms with Crippen LogP contribution in [0.1, 0.15) is 10.6 Å². The monoisotopic (exact) mass is 411 g/mol. The van der Waals surface area contributed by atoms with Gasteiger partial charge in [-0.25, -0.2) is 17.7 Å². The summed E-state index contributed by atoms with van der Waals surface area (Å²) in [7, 11) is -0.524. The lowest BCUT2D eigenvalue weighted by Gasteiger charge is -2.11. The summed E-state index contributed by atoms with van der Waals surface area (Å²) in [5.74, 6) is -0.366. The van der Waals surface area contributed by atoms with Gasteiger partial charge in [-0.1, -0.05) is 12.1 Å². The maximum atomic E-state index is 12.1. The van der Waals surface area contributed by atoms with Gasteiger partial charge in [0.2, 0.25) is 10.0 Å². The van der Waals surface area contributed by atoms with Crippen molar-refractivity contribution in [3.63, 3.8) is 0 Å². The number of nitrogens with one attached hydrogen (secondary N) is 1. The van der Waals surface area contributed by atoms with Gasteiger partial charge in [0.05, 0.1) is 10.6 Å². The predicted molar refractivity (Wildman–Crippen MR) is 100 cm³/mol. The highest BCUT2D eigenvalue weighted by Crippen LogP contribution is 2.27. The van der Waals surface area contributed by atoms with Gasteiger partial charge < -0.3 is 4.42 Å². The summed E-state index contributed by atoms with van der Waals surface area (Å²) < 4.78 is 30.4. The van der Waals surface area contributed by atoms with Crippen LogP contribution in [0.15, 0.2) is 51.1 Å². The van der Waals surface area contributed by atoms with Gasteiger partial charge in [0.25, 0.3) is 5.91 Å². The molecule has 1 amide bonds. The quantitative estimate of drug-likeness (QED) is 0.692. The average Bonchev–Trinajstić information content (AvgIpc) is 3.24. The summed E-state index contributed by atoms with van der Waals surface area (Å²) in [6.45, 7) is 0. The molecule has 26 heavy (non-hydrogen) atoms. The Morgan fingerprint density at radius 1 is 1.19 bits per heavy atom. The summed E-state index contributed by atoms with van der Waals surface area (Å²) in [6.07, 6.45) is 0. The van der Waals surface area contributed by atoms with Crippen molar-refractivity contribution in [1.82, 2.24) is 9.29 Å². The number of rotatable bonds is 5. The van der Waals surface area contributed by atoms with Gasteiger partial charge in [-0.3, -0.25) is 10.1 Å². The highest BCUT2D eigenvalue weighted by Gasteiger charge is 2.17. The normalized spacial score (nSPS) is 11.7. The molecular formula is C16H14ClN3O4S2. The standard InChI is InChI=1S/C16H14ClN3O4S2/c1-20(2)26(22,23)11-5-3-10(4-6-11)12-9-25-16(18-12)19-15(21)13-7-8-14(17)24-13/h3-9H,1-2H3,(H,18,19,21). The molecule has 0 atom stereocenters. The zero-order chi connectivity index (χ0) is 18.9. The lowest BCUT2D eigenvalue weighted by molar-refractivity contribution is 0.0996. The van der Waals surface area contributed by atoms with Crippen molar-refractivity contribution in [1.29, 1.82) is 0 Å². The van der Waals surface area contributed by atoms with Crippen LogP contribution in [0.5, 0.6) is 0 Å². The molecule has 0 aliphatic heterocycles. The summed E-state index contributed by atoms with van der Waals surface area (Å²) in [6, 6.07) is 9.33. The van der Waals surface area contributed by atoms with Crippen molar-refractivity contribution in [3.05, 3.63) is 52.8 Å². The molecule has 0 saturated heterocycles. The summed E-state index contributed by atoms with van der Waals surface area (Å²) in [5.41, 5.74) is 1.36. The number of carbonyl (C=O) groups excluding carboxylic acids is 1. The second kappa shape index (κ2) is 7.20. The van der Waals surface area contributed by atoms with Gasteiger partial charge in [-0.15, -0.1) is 11.3 Å². The maximum Gasteiger partial charge on any atom is 0.293 e. The van der Waals surface area contributed by atoms with E-state index in [4.69, 9.17) is 16.0 Å². The fourth-order valence-electron chi connectivity index (χ4n) is 2.07. The number of nitrogens with zero attached hydrogens (tertiary/aromatic N) is 2. The van der Waals surface area contributed by atoms with Gasteiger partial charge in [0.1, 0.15) is 0 Å². The molecule has 10 heteroatoms. The third-order valence-electron chi connectivity index (χ3n) is 3.45. The third kappa shape index (κ3) is 3.80. The molecule has 0 unspecified atom stereocenters. The molecule has 3 rings (SSSR count). The first kappa shape index (κ1) is 18.6. The van der Waals surface area contributed by atoms with Gasteiger partial charge in [-0.2, -0.15) is 0 Å². The minimum atomic E-state index is -3.48. The topological polar surface area (TPSA) is 92.5 Å². The van der Waals surface area contributed by atoms with Crippen LogP contribution in [0.25, 0.3) is 11.3 Å². The van der Waals surface area contributed by atoms with Crippen LogP contribution in [0, 0.1) is 0 Å². The predicted octanol–water partition coefficient (Wildman–Crippen LogP) is 3.56. The Morgan fingerprint density at radius 2 is 1.88 bits per heavy atom. The van der Waals surface area contributed by atoms with Crippen LogP contribution in [-0.2, 0) is 10.0 Å². The zero-order valence-electron chi connectivity index (χ0n) is 13.8. The van der Waals surface area contributed by atoms with Crippen LogP contribution in [0.4, 0.5) is 5.13 Å². The lowest BCUT2D eigenvalue weighted by atomic mass is 10.2. The fraction of sp³-hybridized carbons (Fsp3) is 0.125. The van der Waals surface area contributed by atoms with Gasteiger partial charge in [-0.05, 0) is 35.9 Å². The molecule has 0 aliphatic rings. The molecule has 1 aromatic carbocycles. The molecule has 0 radical (unpaired) electrons. The van der Waals surface area contributed by atoms with Crippen molar-refractivity contribution in [2.75, 3.05) is 19.4 Å². The van der Waals surface area contributed by atoms with Crippen molar-refractivity contribution < 1.29 is 17.6 Å². The third-order valence-corrected chi connectivity index (χ3v) is 6.24. The first-order valence-corrected chi connectivity index (χ1v) is 10.0. The Kier molecular flexibility index (Phi) is 5.15. The fourth-order valence-corrected chi connectivity index (χ4v) is 3.83. The van der Waals surface area contributed by atoms with Crippen LogP contribution in [-0.4, -0.2) is 37.7 Å². The Labute approximate surface area is 159 Å². The molecule has 0 saturated carbocycles. The van der Waals surface area contributed by atoms with Crippen molar-refractivity contribution in [2.24, 2.45) is 0 Å². The van der Waals surface area contributed by atoms with Crippen LogP contribution in [0.2, 0.25) is 5.22 Å². The minimum absolute atomic E-state index is 0.0880. The van der Waals surface area contributed by atoms with Crippen molar-refractivity contribution in [2.45, 2.75) is 4.90 Å². The van der Waals surface area contributed by atoms with E-state index in [0.717, 1.165) is 9.87 Å². The van der Waals surface area contributed by atoms with E-state index in [0.29, 0.717) is 10.8 Å². The summed E-state index contributed by atoms with van der Waals surface area (Å²) in [5, 5.41) is 4.91. The molecule has 3 aromatic rings. The van der Waals surface area contributed by atoms with E-state index in [9.17, 15) is 13.2 Å². The van der Waals surface area contributed by atoms with E-state index in [1.807, 2.05) is 0 Å². The van der Waals surface area contributed by atoms with E-state index < -0.39 is 15.9 Å². The number of hydrogen-bond acceptors (Lipinski definition) is 6. The summed E-state index contributed by atoms with van der Waals surface area (Å²) >= 11 is 6.90. The highest BCUT2D eigenvalue weighted by atomic mass is 35.5. The molecule has 0 spiro atoms. The number of sulfonamides is 1. The SMILES string of the molecule is CN(C)S(=O)(=O)c1ccc(-c2csc(NC(=O)c3ccc(Cl)o3)n2)cc1. The van der Waals surface area contributed by atoms with E-state index in [1.165, 1.54) is 49.7 Å². The van der Waals surface area contributed by atoms with Gasteiger partial charge >= 0.3 is 0 Å². The van der Waals surface area contributed by atoms with E-state index >= 15 is 0 Å². The van der Waals surface area contributed by atoms with Crippen LogP contribution >= 0.6 is 22.9 Å². The Morgan fingerprint density at radius 3 is 2.46 bits per heavy atom. The maximum absolute atomic E-state index is 12.1. The Bertz CT molecular complexity index is 1040. The molecule has 136 valence electrons. The Balaban J connectivity index is 1.76. The molecule has 2 aromatic heterocycles. The van der Waals surface area contributed by atoms with E-state index in [2.05, 4.69) is 10.3 Å². The largest absolute Gasteiger partial charge is 0.440 e. The van der Waals surface area contributed by atoms with E-state index in [-0.39, 0.29) is 15.9 Å². The number of amides is 1. The van der Waals surface area contributed by atoms with Crippen molar-refractivity contribution >= 4 is 44.0 Å². The second-order valence-corrected chi connectivity index (χ2v) is 8.79. The molecule has 0 aliphatic carbocycles. The van der Waals surface area contributed by atoms with Crippen molar-refractivity contribution in [3.8, 4) is 11.3 Å². The number of furan rings is 1. The first-order chi connectivity index (χ1) is 12.3. The summed E-state index contributed by atoms with van der Waals surface area (Å²) in [4.78, 5) is 16.6. The first-order valence-electron chi connectivity index (χ1n) is 7.32. The number of carbonyl (C=O) groups is 1. The molecule has 0 bridgehead atoms. The van der Waals surface area contributed by atoms with Gasteiger partial charge in [0, 0.05) is 25.0 Å². The van der Waals surface area contributed by atoms with E-state index in [1.54, 1.807) is 17.5 Å². The molecule has 0 fully saturated rings. The number of thiazole rings is 1. The van der Waals surface area contributed by atoms with Crippen LogP contribution < -0.4 is 5.32 Å². The zero-order valence-corrected chi connectivity index (χ0v) is 16.2. The Hall–Kier alpha value is -2.20. The molecular weight excluding hydrogens is 398 g/mol. The second-order valence-electron chi connectivity index (χ2n) is 5.41. The highest BCUT2D eigenvalue weighted by molar-refractivity contribution is 7.89. The van der Waals surface area contributed by atoms with Gasteiger partial charge in [0.15, 0.2) is 16.1 Å². The number of benzene rings is 1. The molecule has 2 heterocycles. The number of hydrogen-bond donors (Lipinski definition) is 1. The smallest absolute Gasteiger partial charge is 0.293 e. The minimum Gasteiger partial charge on any atom is -0.440 e. The average molecular weight is 412 g/mol.